The number of hydrogen-bond donors (Lipinski definition) is 3. The SMILES string of the molecule is O=C(O)C(F)(F)F.O=C(O)C(F)(F)F.O=C(O)C(F)(F)F.O=S1(=O)CCC(COc2ncccc2F)C12CN(Cc1ccccn1)C2. The second kappa shape index (κ2) is 16.0. The molecule has 4 heterocycles. The molecule has 1 unspecified atom stereocenters. The average Bonchev–Trinajstić information content (AvgIpc) is 3.18. The minimum Gasteiger partial charge on any atom is -0.475 e. The number of nitrogens with zero attached hydrogens (tertiary/aromatic N) is 3. The van der Waals surface area contributed by atoms with Crippen LogP contribution in [0.2, 0.25) is 0 Å². The summed E-state index contributed by atoms with van der Waals surface area (Å²) in [6, 6.07) is 8.47. The van der Waals surface area contributed by atoms with Gasteiger partial charge >= 0.3 is 36.4 Å². The summed E-state index contributed by atoms with van der Waals surface area (Å²) in [5.74, 6) is -8.88. The van der Waals surface area contributed by atoms with Gasteiger partial charge in [-0.3, -0.25) is 9.88 Å². The highest BCUT2D eigenvalue weighted by molar-refractivity contribution is 7.93. The van der Waals surface area contributed by atoms with Crippen molar-refractivity contribution in [3.8, 4) is 5.88 Å². The van der Waals surface area contributed by atoms with Crippen molar-refractivity contribution in [1.29, 1.82) is 0 Å². The first-order chi connectivity index (χ1) is 21.3. The normalized spacial score (nSPS) is 18.1. The average molecular weight is 720 g/mol. The van der Waals surface area contributed by atoms with Crippen LogP contribution in [0.15, 0.2) is 42.7 Å². The van der Waals surface area contributed by atoms with Crippen molar-refractivity contribution in [3.05, 3.63) is 54.2 Å². The first-order valence-corrected chi connectivity index (χ1v) is 14.0. The van der Waals surface area contributed by atoms with E-state index < -0.39 is 56.8 Å². The third-order valence-corrected chi connectivity index (χ3v) is 8.67. The third kappa shape index (κ3) is 12.4. The molecule has 264 valence electrons. The van der Waals surface area contributed by atoms with E-state index in [9.17, 15) is 52.3 Å². The van der Waals surface area contributed by atoms with E-state index in [0.717, 1.165) is 5.69 Å². The van der Waals surface area contributed by atoms with Gasteiger partial charge in [-0.25, -0.2) is 32.2 Å². The number of ether oxygens (including phenoxy) is 1. The fraction of sp³-hybridized carbons (Fsp3) is 0.458. The Hall–Kier alpha value is -4.28. The van der Waals surface area contributed by atoms with E-state index in [1.165, 1.54) is 18.3 Å². The number of carboxylic acids is 3. The lowest BCUT2D eigenvalue weighted by molar-refractivity contribution is -0.193. The Morgan fingerprint density at radius 1 is 0.830 bits per heavy atom. The lowest BCUT2D eigenvalue weighted by Gasteiger charge is -2.49. The summed E-state index contributed by atoms with van der Waals surface area (Å²) in [7, 11) is -3.19. The third-order valence-electron chi connectivity index (χ3n) is 6.07. The molecule has 47 heavy (non-hydrogen) atoms. The molecule has 2 aliphatic heterocycles. The lowest BCUT2D eigenvalue weighted by atomic mass is 9.83. The van der Waals surface area contributed by atoms with Crippen LogP contribution in [0.25, 0.3) is 0 Å². The Labute approximate surface area is 257 Å². The molecule has 12 nitrogen and oxygen atoms in total. The largest absolute Gasteiger partial charge is 0.490 e. The van der Waals surface area contributed by atoms with Gasteiger partial charge in [0.2, 0.25) is 5.88 Å². The van der Waals surface area contributed by atoms with Gasteiger partial charge in [0.1, 0.15) is 4.75 Å². The van der Waals surface area contributed by atoms with Gasteiger partial charge in [-0.2, -0.15) is 39.5 Å². The smallest absolute Gasteiger partial charge is 0.475 e. The quantitative estimate of drug-likeness (QED) is 0.383. The Bertz CT molecular complexity index is 1410. The Kier molecular flexibility index (Phi) is 13.9. The zero-order chi connectivity index (χ0) is 36.4. The van der Waals surface area contributed by atoms with Gasteiger partial charge in [0.15, 0.2) is 15.7 Å². The van der Waals surface area contributed by atoms with Crippen LogP contribution in [0.3, 0.4) is 0 Å². The molecule has 0 aromatic carbocycles. The van der Waals surface area contributed by atoms with E-state index in [0.29, 0.717) is 26.1 Å². The maximum absolute atomic E-state index is 13.7. The van der Waals surface area contributed by atoms with Crippen LogP contribution < -0.4 is 4.74 Å². The van der Waals surface area contributed by atoms with Gasteiger partial charge in [0.25, 0.3) is 0 Å². The predicted octanol–water partition coefficient (Wildman–Crippen LogP) is 3.58. The summed E-state index contributed by atoms with van der Waals surface area (Å²) in [4.78, 5) is 36.9. The molecule has 0 radical (unpaired) electrons. The Morgan fingerprint density at radius 3 is 1.70 bits per heavy atom. The van der Waals surface area contributed by atoms with E-state index in [-0.39, 0.29) is 24.2 Å². The molecule has 23 heteroatoms. The fourth-order valence-electron chi connectivity index (χ4n) is 3.91. The molecule has 0 aliphatic carbocycles. The number of aromatic nitrogens is 2. The fourth-order valence-corrected chi connectivity index (χ4v) is 6.36. The minimum absolute atomic E-state index is 0.0726. The number of aliphatic carboxylic acids is 3. The van der Waals surface area contributed by atoms with Crippen molar-refractivity contribution >= 4 is 27.7 Å². The highest BCUT2D eigenvalue weighted by Gasteiger charge is 2.61. The van der Waals surface area contributed by atoms with Crippen LogP contribution in [0.4, 0.5) is 43.9 Å². The molecule has 1 atom stereocenters. The van der Waals surface area contributed by atoms with Crippen LogP contribution in [-0.4, -0.2) is 105 Å². The molecule has 2 aromatic rings. The first kappa shape index (κ1) is 40.7. The van der Waals surface area contributed by atoms with Gasteiger partial charge < -0.3 is 20.1 Å². The summed E-state index contributed by atoms with van der Waals surface area (Å²) < 4.78 is 139. The summed E-state index contributed by atoms with van der Waals surface area (Å²) in [6.45, 7) is 1.71. The van der Waals surface area contributed by atoms with Crippen LogP contribution >= 0.6 is 0 Å². The summed E-state index contributed by atoms with van der Waals surface area (Å²) in [5.41, 5.74) is 0.918. The van der Waals surface area contributed by atoms with E-state index in [4.69, 9.17) is 34.4 Å². The van der Waals surface area contributed by atoms with E-state index in [1.54, 1.807) is 6.20 Å². The molecular formula is C24H23F10N3O9S. The Balaban J connectivity index is 0.000000430. The molecule has 2 fully saturated rings. The number of pyridine rings is 2. The number of hydrogen-bond acceptors (Lipinski definition) is 9. The summed E-state index contributed by atoms with van der Waals surface area (Å²) >= 11 is 0. The molecule has 0 bridgehead atoms. The first-order valence-electron chi connectivity index (χ1n) is 12.3. The number of rotatable bonds is 5. The number of alkyl halides is 9. The van der Waals surface area contributed by atoms with Crippen molar-refractivity contribution in [1.82, 2.24) is 14.9 Å². The maximum Gasteiger partial charge on any atom is 0.490 e. The van der Waals surface area contributed by atoms with Crippen molar-refractivity contribution in [2.75, 3.05) is 25.4 Å². The second-order valence-electron chi connectivity index (χ2n) is 9.35. The highest BCUT2D eigenvalue weighted by Crippen LogP contribution is 2.45. The molecule has 0 amide bonds. The zero-order valence-electron chi connectivity index (χ0n) is 23.2. The molecule has 0 saturated carbocycles. The number of likely N-dealkylation sites (tertiary alicyclic amines) is 1. The van der Waals surface area contributed by atoms with E-state index in [1.807, 2.05) is 18.2 Å². The number of sulfone groups is 1. The summed E-state index contributed by atoms with van der Waals surface area (Å²) in [6.07, 6.45) is -11.5. The monoisotopic (exact) mass is 719 g/mol. The van der Waals surface area contributed by atoms with E-state index in [2.05, 4.69) is 14.9 Å². The predicted molar refractivity (Wildman–Crippen MR) is 135 cm³/mol. The molecule has 3 N–H and O–H groups in total. The molecule has 2 aromatic heterocycles. The zero-order valence-corrected chi connectivity index (χ0v) is 24.0. The molecule has 1 spiro atoms. The van der Waals surface area contributed by atoms with Gasteiger partial charge in [0, 0.05) is 37.9 Å². The van der Waals surface area contributed by atoms with Crippen molar-refractivity contribution in [2.45, 2.75) is 36.2 Å². The topological polar surface area (TPSA) is 184 Å². The van der Waals surface area contributed by atoms with Crippen molar-refractivity contribution in [2.24, 2.45) is 5.92 Å². The summed E-state index contributed by atoms with van der Waals surface area (Å²) in [5, 5.41) is 21.4. The van der Waals surface area contributed by atoms with Crippen molar-refractivity contribution < 1.29 is 86.8 Å². The second-order valence-corrected chi connectivity index (χ2v) is 11.8. The van der Waals surface area contributed by atoms with Gasteiger partial charge in [0.05, 0.1) is 18.1 Å². The lowest BCUT2D eigenvalue weighted by Crippen LogP contribution is -2.67. The molecule has 2 aliphatic rings. The van der Waals surface area contributed by atoms with Gasteiger partial charge in [-0.15, -0.1) is 0 Å². The molecule has 4 rings (SSSR count). The number of carbonyl (C=O) groups is 3. The van der Waals surface area contributed by atoms with Crippen LogP contribution in [0.1, 0.15) is 12.1 Å². The van der Waals surface area contributed by atoms with Crippen molar-refractivity contribution in [3.63, 3.8) is 0 Å². The maximum atomic E-state index is 13.7. The Morgan fingerprint density at radius 2 is 1.30 bits per heavy atom. The van der Waals surface area contributed by atoms with Gasteiger partial charge in [-0.1, -0.05) is 6.07 Å². The van der Waals surface area contributed by atoms with Crippen LogP contribution in [0.5, 0.6) is 5.88 Å². The minimum atomic E-state index is -5.08. The van der Waals surface area contributed by atoms with Crippen LogP contribution in [-0.2, 0) is 30.8 Å². The standard InChI is InChI=1S/C18H20FN3O3S.3C2HF3O2/c19-16-5-3-8-21-17(16)25-11-14-6-9-26(23,24)18(14)12-22(13-18)10-15-4-1-2-7-20-15;3*3-2(4,5)1(6)7/h1-5,7-8,14H,6,9-13H2;3*(H,6,7). The molecular weight excluding hydrogens is 696 g/mol. The van der Waals surface area contributed by atoms with Crippen LogP contribution in [0, 0.1) is 11.7 Å². The van der Waals surface area contributed by atoms with E-state index >= 15 is 0 Å². The number of halogens is 10. The number of carboxylic acid groups (broad SMARTS) is 3. The van der Waals surface area contributed by atoms with Gasteiger partial charge in [-0.05, 0) is 30.7 Å². The highest BCUT2D eigenvalue weighted by atomic mass is 32.2. The molecule has 2 saturated heterocycles.